The van der Waals surface area contributed by atoms with E-state index < -0.39 is 0 Å². The molecule has 0 aromatic heterocycles. The number of hydrogen-bond donors (Lipinski definition) is 0. The Morgan fingerprint density at radius 2 is 1.76 bits per heavy atom. The molecule has 0 radical (unpaired) electrons. The number of nitrogens with zero attached hydrogens (tertiary/aromatic N) is 2. The first-order chi connectivity index (χ1) is 14.3. The van der Waals surface area contributed by atoms with E-state index >= 15 is 0 Å². The van der Waals surface area contributed by atoms with E-state index in [1.165, 1.54) is 17.8 Å². The average molecular weight is 390 g/mol. The van der Waals surface area contributed by atoms with Crippen LogP contribution in [-0.2, 0) is 11.3 Å². The van der Waals surface area contributed by atoms with Crippen LogP contribution in [0.2, 0.25) is 0 Å². The van der Waals surface area contributed by atoms with Crippen molar-refractivity contribution in [3.05, 3.63) is 89.7 Å². The SMILES string of the molecule is Fc1cccc(COc2ccccc2C=Nc2ccc(N3CCOCC3)cc2)c1. The van der Waals surface area contributed by atoms with Crippen molar-refractivity contribution >= 4 is 17.6 Å². The highest BCUT2D eigenvalue weighted by Crippen LogP contribution is 2.22. The Labute approximate surface area is 170 Å². The van der Waals surface area contributed by atoms with Gasteiger partial charge >= 0.3 is 0 Å². The summed E-state index contributed by atoms with van der Waals surface area (Å²) in [6.45, 7) is 3.67. The van der Waals surface area contributed by atoms with E-state index in [1.54, 1.807) is 12.3 Å². The summed E-state index contributed by atoms with van der Waals surface area (Å²) < 4.78 is 24.6. The molecule has 0 atom stereocenters. The average Bonchev–Trinajstić information content (AvgIpc) is 2.78. The van der Waals surface area contributed by atoms with Gasteiger partial charge in [0.2, 0.25) is 0 Å². The van der Waals surface area contributed by atoms with Crippen LogP contribution in [0, 0.1) is 5.82 Å². The number of rotatable bonds is 6. The minimum absolute atomic E-state index is 0.263. The fourth-order valence-electron chi connectivity index (χ4n) is 3.22. The maximum atomic E-state index is 13.3. The van der Waals surface area contributed by atoms with Crippen LogP contribution in [0.5, 0.6) is 5.75 Å². The molecule has 0 N–H and O–H groups in total. The van der Waals surface area contributed by atoms with Gasteiger partial charge in [-0.15, -0.1) is 0 Å². The summed E-state index contributed by atoms with van der Waals surface area (Å²) in [4.78, 5) is 6.90. The van der Waals surface area contributed by atoms with E-state index in [4.69, 9.17) is 9.47 Å². The summed E-state index contributed by atoms with van der Waals surface area (Å²) >= 11 is 0. The number of aliphatic imine (C=N–C) groups is 1. The molecule has 0 saturated carbocycles. The first kappa shape index (κ1) is 19.2. The number of morpholine rings is 1. The fourth-order valence-corrected chi connectivity index (χ4v) is 3.22. The van der Waals surface area contributed by atoms with E-state index in [-0.39, 0.29) is 5.82 Å². The summed E-state index contributed by atoms with van der Waals surface area (Å²) in [5.41, 5.74) is 3.73. The zero-order chi connectivity index (χ0) is 19.9. The standard InChI is InChI=1S/C24H23FN2O2/c25-21-6-3-4-19(16-21)18-29-24-7-2-1-5-20(24)17-26-22-8-10-23(11-9-22)27-12-14-28-15-13-27/h1-11,16-17H,12-15,18H2. The molecular weight excluding hydrogens is 367 g/mol. The van der Waals surface area contributed by atoms with Crippen molar-refractivity contribution in [2.75, 3.05) is 31.2 Å². The number of para-hydroxylation sites is 1. The maximum Gasteiger partial charge on any atom is 0.128 e. The van der Waals surface area contributed by atoms with Crippen LogP contribution >= 0.6 is 0 Å². The Bertz CT molecular complexity index is 967. The Morgan fingerprint density at radius 1 is 0.966 bits per heavy atom. The lowest BCUT2D eigenvalue weighted by molar-refractivity contribution is 0.122. The van der Waals surface area contributed by atoms with Crippen molar-refractivity contribution in [1.29, 1.82) is 0 Å². The number of hydrogen-bond acceptors (Lipinski definition) is 4. The normalized spacial score (nSPS) is 14.3. The molecule has 1 aliphatic heterocycles. The van der Waals surface area contributed by atoms with Crippen LogP contribution in [0.3, 0.4) is 0 Å². The summed E-state index contributed by atoms with van der Waals surface area (Å²) in [7, 11) is 0. The van der Waals surface area contributed by atoms with Gasteiger partial charge in [-0.25, -0.2) is 4.39 Å². The Morgan fingerprint density at radius 3 is 2.55 bits per heavy atom. The second kappa shape index (κ2) is 9.34. The predicted molar refractivity (Wildman–Crippen MR) is 114 cm³/mol. The Kier molecular flexibility index (Phi) is 6.17. The smallest absolute Gasteiger partial charge is 0.128 e. The van der Waals surface area contributed by atoms with E-state index in [0.717, 1.165) is 43.1 Å². The number of ether oxygens (including phenoxy) is 2. The van der Waals surface area contributed by atoms with Crippen LogP contribution in [0.1, 0.15) is 11.1 Å². The summed E-state index contributed by atoms with van der Waals surface area (Å²) in [5.74, 6) is 0.451. The van der Waals surface area contributed by atoms with Crippen LogP contribution in [-0.4, -0.2) is 32.5 Å². The summed E-state index contributed by atoms with van der Waals surface area (Å²) in [6.07, 6.45) is 1.80. The molecule has 0 unspecified atom stereocenters. The topological polar surface area (TPSA) is 34.1 Å². The molecule has 4 nitrogen and oxygen atoms in total. The molecule has 148 valence electrons. The molecule has 0 aliphatic carbocycles. The third-order valence-electron chi connectivity index (χ3n) is 4.78. The van der Waals surface area contributed by atoms with Gasteiger partial charge in [0.05, 0.1) is 18.9 Å². The minimum Gasteiger partial charge on any atom is -0.488 e. The highest BCUT2D eigenvalue weighted by molar-refractivity contribution is 5.85. The second-order valence-electron chi connectivity index (χ2n) is 6.83. The molecule has 3 aromatic rings. The lowest BCUT2D eigenvalue weighted by atomic mass is 10.2. The second-order valence-corrected chi connectivity index (χ2v) is 6.83. The zero-order valence-electron chi connectivity index (χ0n) is 16.1. The van der Waals surface area contributed by atoms with Crippen molar-refractivity contribution in [3.8, 4) is 5.75 Å². The lowest BCUT2D eigenvalue weighted by Gasteiger charge is -2.28. The molecule has 1 heterocycles. The van der Waals surface area contributed by atoms with Gasteiger partial charge in [-0.05, 0) is 54.1 Å². The number of anilines is 1. The van der Waals surface area contributed by atoms with Crippen molar-refractivity contribution < 1.29 is 13.9 Å². The molecule has 29 heavy (non-hydrogen) atoms. The lowest BCUT2D eigenvalue weighted by Crippen LogP contribution is -2.36. The van der Waals surface area contributed by atoms with Gasteiger partial charge < -0.3 is 14.4 Å². The van der Waals surface area contributed by atoms with Crippen molar-refractivity contribution in [2.45, 2.75) is 6.61 Å². The van der Waals surface area contributed by atoms with Gasteiger partial charge in [0.1, 0.15) is 18.2 Å². The van der Waals surface area contributed by atoms with Gasteiger partial charge in [0.15, 0.2) is 0 Å². The molecule has 0 bridgehead atoms. The van der Waals surface area contributed by atoms with Gasteiger partial charge in [0.25, 0.3) is 0 Å². The van der Waals surface area contributed by atoms with Gasteiger partial charge in [-0.3, -0.25) is 4.99 Å². The molecule has 0 spiro atoms. The van der Waals surface area contributed by atoms with Crippen LogP contribution in [0.4, 0.5) is 15.8 Å². The highest BCUT2D eigenvalue weighted by Gasteiger charge is 2.10. The molecule has 4 rings (SSSR count). The first-order valence-corrected chi connectivity index (χ1v) is 9.71. The third-order valence-corrected chi connectivity index (χ3v) is 4.78. The van der Waals surface area contributed by atoms with Crippen LogP contribution in [0.25, 0.3) is 0 Å². The van der Waals surface area contributed by atoms with Crippen molar-refractivity contribution in [3.63, 3.8) is 0 Å². The van der Waals surface area contributed by atoms with Crippen LogP contribution in [0.15, 0.2) is 77.8 Å². The Hall–Kier alpha value is -3.18. The molecular formula is C24H23FN2O2. The van der Waals surface area contributed by atoms with E-state index in [2.05, 4.69) is 22.0 Å². The first-order valence-electron chi connectivity index (χ1n) is 9.71. The Balaban J connectivity index is 1.43. The molecule has 0 amide bonds. The monoisotopic (exact) mass is 390 g/mol. The van der Waals surface area contributed by atoms with Crippen LogP contribution < -0.4 is 9.64 Å². The van der Waals surface area contributed by atoms with E-state index in [1.807, 2.05) is 42.5 Å². The molecule has 3 aromatic carbocycles. The summed E-state index contributed by atoms with van der Waals surface area (Å²) in [6, 6.07) is 22.3. The third kappa shape index (κ3) is 5.21. The molecule has 1 aliphatic rings. The van der Waals surface area contributed by atoms with Crippen molar-refractivity contribution in [2.24, 2.45) is 4.99 Å². The van der Waals surface area contributed by atoms with Gasteiger partial charge in [-0.2, -0.15) is 0 Å². The molecule has 5 heteroatoms. The zero-order valence-corrected chi connectivity index (χ0v) is 16.1. The largest absolute Gasteiger partial charge is 0.488 e. The minimum atomic E-state index is -0.263. The van der Waals surface area contributed by atoms with Crippen molar-refractivity contribution in [1.82, 2.24) is 0 Å². The number of benzene rings is 3. The predicted octanol–water partition coefficient (Wildman–Crippen LogP) is 4.99. The highest BCUT2D eigenvalue weighted by atomic mass is 19.1. The molecule has 1 fully saturated rings. The van der Waals surface area contributed by atoms with Gasteiger partial charge in [-0.1, -0.05) is 24.3 Å². The van der Waals surface area contributed by atoms with E-state index in [9.17, 15) is 4.39 Å². The summed E-state index contributed by atoms with van der Waals surface area (Å²) in [5, 5.41) is 0. The quantitative estimate of drug-likeness (QED) is 0.556. The number of halogens is 1. The maximum absolute atomic E-state index is 13.3. The fraction of sp³-hybridized carbons (Fsp3) is 0.208. The molecule has 1 saturated heterocycles. The van der Waals surface area contributed by atoms with E-state index in [0.29, 0.717) is 12.4 Å². The van der Waals surface area contributed by atoms with Gasteiger partial charge in [0, 0.05) is 30.6 Å².